The Balaban J connectivity index is 2.72. The Labute approximate surface area is 126 Å². The van der Waals surface area contributed by atoms with E-state index in [2.05, 4.69) is 15.5 Å². The number of carbonyl (C=O) groups is 1. The van der Waals surface area contributed by atoms with Crippen molar-refractivity contribution in [2.24, 2.45) is 5.16 Å². The molecule has 8 heteroatoms. The van der Waals surface area contributed by atoms with E-state index in [1.165, 1.54) is 12.3 Å². The van der Waals surface area contributed by atoms with Crippen LogP contribution in [0.25, 0.3) is 0 Å². The molecule has 0 aromatic carbocycles. The zero-order valence-corrected chi connectivity index (χ0v) is 12.8. The van der Waals surface area contributed by atoms with Gasteiger partial charge in [0.2, 0.25) is 0 Å². The van der Waals surface area contributed by atoms with Crippen LogP contribution in [0.5, 0.6) is 0 Å². The predicted molar refractivity (Wildman–Crippen MR) is 76.8 cm³/mol. The minimum absolute atomic E-state index is 0.0836. The molecule has 6 nitrogen and oxygen atoms in total. The molecule has 2 N–H and O–H groups in total. The van der Waals surface area contributed by atoms with E-state index in [-0.39, 0.29) is 23.0 Å². The van der Waals surface area contributed by atoms with Gasteiger partial charge in [0.05, 0.1) is 16.6 Å². The van der Waals surface area contributed by atoms with Crippen LogP contribution in [0.1, 0.15) is 26.5 Å². The second-order valence-corrected chi connectivity index (χ2v) is 5.73. The first-order valence-electron chi connectivity index (χ1n) is 5.72. The number of halogens is 2. The van der Waals surface area contributed by atoms with Gasteiger partial charge in [0, 0.05) is 6.20 Å². The molecule has 1 amide bonds. The van der Waals surface area contributed by atoms with E-state index in [1.807, 2.05) is 0 Å². The Morgan fingerprint density at radius 3 is 2.65 bits per heavy atom. The van der Waals surface area contributed by atoms with Crippen molar-refractivity contribution in [2.75, 3.05) is 6.54 Å². The molecule has 20 heavy (non-hydrogen) atoms. The van der Waals surface area contributed by atoms with Gasteiger partial charge in [0.25, 0.3) is 0 Å². The first-order chi connectivity index (χ1) is 9.23. The molecule has 0 spiro atoms. The molecule has 1 heterocycles. The van der Waals surface area contributed by atoms with E-state index < -0.39 is 11.7 Å². The lowest BCUT2D eigenvalue weighted by atomic mass is 10.2. The molecule has 1 aromatic rings. The van der Waals surface area contributed by atoms with Crippen molar-refractivity contribution in [3.05, 3.63) is 28.0 Å². The molecule has 0 radical (unpaired) electrons. The van der Waals surface area contributed by atoms with Crippen LogP contribution in [0, 0.1) is 0 Å². The number of hydrogen-bond acceptors (Lipinski definition) is 5. The molecule has 0 saturated carbocycles. The van der Waals surface area contributed by atoms with Crippen molar-refractivity contribution in [1.82, 2.24) is 10.3 Å². The fourth-order valence-electron chi connectivity index (χ4n) is 1.26. The Bertz CT molecular complexity index is 527. The van der Waals surface area contributed by atoms with Crippen LogP contribution in [0.15, 0.2) is 17.4 Å². The summed E-state index contributed by atoms with van der Waals surface area (Å²) >= 11 is 11.7. The number of carbonyl (C=O) groups excluding carboxylic acids is 1. The predicted octanol–water partition coefficient (Wildman–Crippen LogP) is 3.09. The summed E-state index contributed by atoms with van der Waals surface area (Å²) in [5, 5.41) is 15.1. The second-order valence-electron chi connectivity index (χ2n) is 4.89. The third-order valence-corrected chi connectivity index (χ3v) is 2.50. The van der Waals surface area contributed by atoms with Crippen LogP contribution in [-0.4, -0.2) is 34.1 Å². The molecule has 0 aliphatic rings. The van der Waals surface area contributed by atoms with Crippen molar-refractivity contribution in [2.45, 2.75) is 26.4 Å². The zero-order valence-electron chi connectivity index (χ0n) is 11.3. The average Bonchev–Trinajstić information content (AvgIpc) is 2.29. The number of nitrogens with zero attached hydrogens (tertiary/aromatic N) is 2. The summed E-state index contributed by atoms with van der Waals surface area (Å²) in [5.74, 6) is 0. The van der Waals surface area contributed by atoms with Crippen LogP contribution < -0.4 is 5.32 Å². The lowest BCUT2D eigenvalue weighted by molar-refractivity contribution is 0.0536. The minimum Gasteiger partial charge on any atom is -0.444 e. The van der Waals surface area contributed by atoms with Gasteiger partial charge < -0.3 is 15.3 Å². The normalized spacial score (nSPS) is 12.2. The number of alkyl carbamates (subject to hydrolysis) is 1. The van der Waals surface area contributed by atoms with E-state index in [9.17, 15) is 4.79 Å². The van der Waals surface area contributed by atoms with E-state index in [0.29, 0.717) is 5.02 Å². The molecular weight excluding hydrogens is 305 g/mol. The zero-order chi connectivity index (χ0) is 15.3. The highest BCUT2D eigenvalue weighted by Gasteiger charge is 2.18. The highest BCUT2D eigenvalue weighted by atomic mass is 35.5. The minimum atomic E-state index is -0.635. The summed E-state index contributed by atoms with van der Waals surface area (Å²) < 4.78 is 5.06. The second kappa shape index (κ2) is 6.76. The van der Waals surface area contributed by atoms with Gasteiger partial charge >= 0.3 is 6.09 Å². The monoisotopic (exact) mass is 319 g/mol. The molecule has 0 fully saturated rings. The van der Waals surface area contributed by atoms with E-state index in [4.69, 9.17) is 33.1 Å². The molecule has 0 aliphatic heterocycles. The van der Waals surface area contributed by atoms with E-state index >= 15 is 0 Å². The number of amides is 1. The molecule has 0 unspecified atom stereocenters. The molecule has 110 valence electrons. The Kier molecular flexibility index (Phi) is 5.59. The lowest BCUT2D eigenvalue weighted by Crippen LogP contribution is -2.36. The standard InChI is InChI=1S/C12H15Cl2N3O3/c1-12(2,3)20-11(18)16-6-9(17-19)10-8(14)4-7(13)5-15-10/h4-5,19H,6H2,1-3H3,(H,16,18). The van der Waals surface area contributed by atoms with Crippen LogP contribution in [-0.2, 0) is 4.74 Å². The van der Waals surface area contributed by atoms with Crippen LogP contribution in [0.3, 0.4) is 0 Å². The highest BCUT2D eigenvalue weighted by Crippen LogP contribution is 2.19. The van der Waals surface area contributed by atoms with Crippen molar-refractivity contribution in [3.8, 4) is 0 Å². The number of pyridine rings is 1. The number of rotatable bonds is 3. The molecular formula is C12H15Cl2N3O3. The van der Waals surface area contributed by atoms with Crippen molar-refractivity contribution in [3.63, 3.8) is 0 Å². The molecule has 0 aliphatic carbocycles. The van der Waals surface area contributed by atoms with Gasteiger partial charge in [-0.2, -0.15) is 0 Å². The summed E-state index contributed by atoms with van der Waals surface area (Å²) in [7, 11) is 0. The Hall–Kier alpha value is -1.53. The van der Waals surface area contributed by atoms with Crippen LogP contribution >= 0.6 is 23.2 Å². The number of ether oxygens (including phenoxy) is 1. The summed E-state index contributed by atoms with van der Waals surface area (Å²) in [4.78, 5) is 15.5. The van der Waals surface area contributed by atoms with Crippen LogP contribution in [0.4, 0.5) is 4.79 Å². The number of hydrogen-bond donors (Lipinski definition) is 2. The van der Waals surface area contributed by atoms with Gasteiger partial charge in [-0.15, -0.1) is 0 Å². The topological polar surface area (TPSA) is 83.8 Å². The van der Waals surface area contributed by atoms with Gasteiger partial charge in [-0.05, 0) is 26.8 Å². The maximum absolute atomic E-state index is 11.5. The third kappa shape index (κ3) is 5.22. The SMILES string of the molecule is CC(C)(C)OC(=O)NCC(=NO)c1ncc(Cl)cc1Cl. The van der Waals surface area contributed by atoms with E-state index in [0.717, 1.165) is 0 Å². The van der Waals surface area contributed by atoms with Gasteiger partial charge in [0.15, 0.2) is 0 Å². The van der Waals surface area contributed by atoms with Crippen molar-refractivity contribution >= 4 is 35.0 Å². The quantitative estimate of drug-likeness (QED) is 0.509. The summed E-state index contributed by atoms with van der Waals surface area (Å²) in [5.41, 5.74) is -0.288. The first-order valence-corrected chi connectivity index (χ1v) is 6.47. The molecule has 0 saturated heterocycles. The fourth-order valence-corrected chi connectivity index (χ4v) is 1.75. The molecule has 1 aromatic heterocycles. The number of oxime groups is 1. The third-order valence-electron chi connectivity index (χ3n) is 2.00. The first kappa shape index (κ1) is 16.5. The van der Waals surface area contributed by atoms with Gasteiger partial charge in [-0.25, -0.2) is 4.79 Å². The largest absolute Gasteiger partial charge is 0.444 e. The summed E-state index contributed by atoms with van der Waals surface area (Å²) in [6, 6.07) is 1.46. The summed E-state index contributed by atoms with van der Waals surface area (Å²) in [6.07, 6.45) is 0.727. The lowest BCUT2D eigenvalue weighted by Gasteiger charge is -2.19. The maximum atomic E-state index is 11.5. The smallest absolute Gasteiger partial charge is 0.407 e. The van der Waals surface area contributed by atoms with Crippen molar-refractivity contribution < 1.29 is 14.7 Å². The van der Waals surface area contributed by atoms with Crippen LogP contribution in [0.2, 0.25) is 10.0 Å². The fraction of sp³-hybridized carbons (Fsp3) is 0.417. The molecule has 0 bridgehead atoms. The molecule has 0 atom stereocenters. The Morgan fingerprint density at radius 1 is 1.50 bits per heavy atom. The van der Waals surface area contributed by atoms with Gasteiger partial charge in [0.1, 0.15) is 17.0 Å². The van der Waals surface area contributed by atoms with E-state index in [1.54, 1.807) is 20.8 Å². The highest BCUT2D eigenvalue weighted by molar-refractivity contribution is 6.36. The average molecular weight is 320 g/mol. The Morgan fingerprint density at radius 2 is 2.15 bits per heavy atom. The van der Waals surface area contributed by atoms with Crippen molar-refractivity contribution in [1.29, 1.82) is 0 Å². The maximum Gasteiger partial charge on any atom is 0.407 e. The molecule has 1 rings (SSSR count). The van der Waals surface area contributed by atoms with Gasteiger partial charge in [-0.3, -0.25) is 4.98 Å². The van der Waals surface area contributed by atoms with Gasteiger partial charge in [-0.1, -0.05) is 28.4 Å². The number of aromatic nitrogens is 1. The number of nitrogens with one attached hydrogen (secondary N) is 1. The summed E-state index contributed by atoms with van der Waals surface area (Å²) in [6.45, 7) is 5.14.